The Bertz CT molecular complexity index is 1340. The number of hydrogen-bond donors (Lipinski definition) is 0. The summed E-state index contributed by atoms with van der Waals surface area (Å²) in [6.07, 6.45) is 2.02. The van der Waals surface area contributed by atoms with Crippen molar-refractivity contribution in [2.75, 3.05) is 0 Å². The fourth-order valence-electron chi connectivity index (χ4n) is 4.75. The molecule has 0 aliphatic heterocycles. The first kappa shape index (κ1) is 15.7. The lowest BCUT2D eigenvalue weighted by Gasteiger charge is -2.09. The van der Waals surface area contributed by atoms with Gasteiger partial charge in [-0.15, -0.1) is 0 Å². The van der Waals surface area contributed by atoms with Crippen LogP contribution >= 0.6 is 0 Å². The molecule has 0 N–H and O–H groups in total. The lowest BCUT2D eigenvalue weighted by Crippen LogP contribution is -1.89. The Labute approximate surface area is 165 Å². The zero-order valence-electron chi connectivity index (χ0n) is 15.7. The van der Waals surface area contributed by atoms with Gasteiger partial charge in [-0.1, -0.05) is 97.1 Å². The Kier molecular flexibility index (Phi) is 3.39. The highest BCUT2D eigenvalue weighted by molar-refractivity contribution is 6.10. The molecule has 0 saturated heterocycles. The molecule has 0 atom stereocenters. The van der Waals surface area contributed by atoms with Crippen LogP contribution in [0, 0.1) is 0 Å². The molecule has 0 saturated carbocycles. The molecule has 0 heteroatoms. The molecular weight excluding hydrogens is 336 g/mol. The second-order valence-corrected chi connectivity index (χ2v) is 7.80. The summed E-state index contributed by atoms with van der Waals surface area (Å²) in [5, 5.41) is 5.44. The van der Waals surface area contributed by atoms with Crippen molar-refractivity contribution in [3.63, 3.8) is 0 Å². The highest BCUT2D eigenvalue weighted by Gasteiger charge is 2.21. The van der Waals surface area contributed by atoms with Crippen LogP contribution in [0.25, 0.3) is 32.7 Å². The summed E-state index contributed by atoms with van der Waals surface area (Å²) in [6.45, 7) is 0. The zero-order valence-corrected chi connectivity index (χ0v) is 15.7. The Balaban J connectivity index is 1.49. The molecule has 0 nitrogen and oxygen atoms in total. The quantitative estimate of drug-likeness (QED) is 0.289. The van der Waals surface area contributed by atoms with E-state index < -0.39 is 0 Å². The second-order valence-electron chi connectivity index (χ2n) is 7.80. The van der Waals surface area contributed by atoms with Gasteiger partial charge in [0.1, 0.15) is 0 Å². The van der Waals surface area contributed by atoms with E-state index in [-0.39, 0.29) is 0 Å². The average molecular weight is 356 g/mol. The van der Waals surface area contributed by atoms with Crippen molar-refractivity contribution < 1.29 is 0 Å². The smallest absolute Gasteiger partial charge is 0.000728 e. The topological polar surface area (TPSA) is 0 Å². The van der Waals surface area contributed by atoms with Gasteiger partial charge in [-0.05, 0) is 67.8 Å². The molecule has 0 amide bonds. The van der Waals surface area contributed by atoms with Crippen molar-refractivity contribution in [2.45, 2.75) is 12.8 Å². The van der Waals surface area contributed by atoms with Gasteiger partial charge >= 0.3 is 0 Å². The van der Waals surface area contributed by atoms with Crippen LogP contribution in [0.15, 0.2) is 97.1 Å². The highest BCUT2D eigenvalue weighted by atomic mass is 14.2. The molecule has 28 heavy (non-hydrogen) atoms. The van der Waals surface area contributed by atoms with Crippen molar-refractivity contribution in [1.82, 2.24) is 0 Å². The summed E-state index contributed by atoms with van der Waals surface area (Å²) < 4.78 is 0. The summed E-state index contributed by atoms with van der Waals surface area (Å²) in [4.78, 5) is 0. The predicted molar refractivity (Wildman–Crippen MR) is 119 cm³/mol. The van der Waals surface area contributed by atoms with Crippen molar-refractivity contribution in [3.8, 4) is 11.1 Å². The minimum atomic E-state index is 0.988. The normalized spacial score (nSPS) is 12.3. The van der Waals surface area contributed by atoms with Gasteiger partial charge in [0.2, 0.25) is 0 Å². The van der Waals surface area contributed by atoms with E-state index in [0.29, 0.717) is 0 Å². The first-order valence-corrected chi connectivity index (χ1v) is 9.96. The summed E-state index contributed by atoms with van der Waals surface area (Å²) in [6, 6.07) is 35.7. The van der Waals surface area contributed by atoms with Crippen LogP contribution in [0.3, 0.4) is 0 Å². The molecule has 0 aromatic heterocycles. The van der Waals surface area contributed by atoms with Gasteiger partial charge in [0.05, 0.1) is 0 Å². The molecule has 5 aromatic rings. The first-order valence-electron chi connectivity index (χ1n) is 9.96. The van der Waals surface area contributed by atoms with Crippen LogP contribution in [-0.2, 0) is 12.8 Å². The minimum absolute atomic E-state index is 0.988. The number of fused-ring (bicyclic) bond motifs is 7. The SMILES string of the molecule is c1ccc(Cc2ccc3c(c2)-c2ccc4c(ccc5ccccc54)c2C3)cc1. The molecule has 0 fully saturated rings. The summed E-state index contributed by atoms with van der Waals surface area (Å²) >= 11 is 0. The van der Waals surface area contributed by atoms with Crippen molar-refractivity contribution in [3.05, 3.63) is 119 Å². The maximum Gasteiger partial charge on any atom is -0.000728 e. The lowest BCUT2D eigenvalue weighted by atomic mass is 9.95. The maximum absolute atomic E-state index is 2.40. The number of rotatable bonds is 2. The van der Waals surface area contributed by atoms with Gasteiger partial charge in [-0.2, -0.15) is 0 Å². The third-order valence-corrected chi connectivity index (χ3v) is 6.12. The third kappa shape index (κ3) is 2.38. The molecular formula is C28H20. The van der Waals surface area contributed by atoms with Gasteiger partial charge in [-0.25, -0.2) is 0 Å². The molecule has 6 rings (SSSR count). The van der Waals surface area contributed by atoms with Crippen LogP contribution in [0.5, 0.6) is 0 Å². The van der Waals surface area contributed by atoms with E-state index in [2.05, 4.69) is 97.1 Å². The second kappa shape index (κ2) is 6.07. The lowest BCUT2D eigenvalue weighted by molar-refractivity contribution is 1.18. The first-order chi connectivity index (χ1) is 13.9. The standard InChI is InChI=1S/C28H20/c1-2-6-19(7-3-1)16-20-10-11-22-18-28-25-13-12-21-8-4-5-9-23(21)24(25)14-15-26(28)27(22)17-20/h1-15,17H,16,18H2. The largest absolute Gasteiger partial charge is 0.0622 e. The zero-order chi connectivity index (χ0) is 18.5. The molecule has 1 aliphatic rings. The Morgan fingerprint density at radius 3 is 2.29 bits per heavy atom. The molecule has 132 valence electrons. The van der Waals surface area contributed by atoms with Crippen LogP contribution < -0.4 is 0 Å². The van der Waals surface area contributed by atoms with E-state index in [1.165, 1.54) is 54.9 Å². The molecule has 5 aromatic carbocycles. The Morgan fingerprint density at radius 2 is 1.36 bits per heavy atom. The number of benzene rings is 5. The Morgan fingerprint density at radius 1 is 0.536 bits per heavy atom. The Hall–Kier alpha value is -3.38. The van der Waals surface area contributed by atoms with E-state index >= 15 is 0 Å². The summed E-state index contributed by atoms with van der Waals surface area (Å²) in [5.41, 5.74) is 8.51. The molecule has 0 heterocycles. The maximum atomic E-state index is 2.40. The molecule has 0 radical (unpaired) electrons. The van der Waals surface area contributed by atoms with E-state index in [9.17, 15) is 0 Å². The molecule has 0 unspecified atom stereocenters. The highest BCUT2D eigenvalue weighted by Crippen LogP contribution is 2.42. The minimum Gasteiger partial charge on any atom is -0.0622 e. The van der Waals surface area contributed by atoms with E-state index in [1.54, 1.807) is 0 Å². The summed E-state index contributed by atoms with van der Waals surface area (Å²) in [7, 11) is 0. The van der Waals surface area contributed by atoms with E-state index in [0.717, 1.165) is 12.8 Å². The van der Waals surface area contributed by atoms with Crippen LogP contribution in [0.2, 0.25) is 0 Å². The third-order valence-electron chi connectivity index (χ3n) is 6.12. The van der Waals surface area contributed by atoms with Gasteiger partial charge in [0.15, 0.2) is 0 Å². The predicted octanol–water partition coefficient (Wildman–Crippen LogP) is 7.16. The van der Waals surface area contributed by atoms with E-state index in [4.69, 9.17) is 0 Å². The fourth-order valence-corrected chi connectivity index (χ4v) is 4.75. The van der Waals surface area contributed by atoms with Gasteiger partial charge in [0, 0.05) is 0 Å². The average Bonchev–Trinajstić information content (AvgIpc) is 3.12. The van der Waals surface area contributed by atoms with Crippen LogP contribution in [-0.4, -0.2) is 0 Å². The fraction of sp³-hybridized carbons (Fsp3) is 0.0714. The van der Waals surface area contributed by atoms with Gasteiger partial charge in [-0.3, -0.25) is 0 Å². The monoisotopic (exact) mass is 356 g/mol. The van der Waals surface area contributed by atoms with E-state index in [1.807, 2.05) is 0 Å². The molecule has 1 aliphatic carbocycles. The van der Waals surface area contributed by atoms with Gasteiger partial charge in [0.25, 0.3) is 0 Å². The van der Waals surface area contributed by atoms with Crippen molar-refractivity contribution in [1.29, 1.82) is 0 Å². The van der Waals surface area contributed by atoms with Crippen LogP contribution in [0.4, 0.5) is 0 Å². The van der Waals surface area contributed by atoms with Crippen molar-refractivity contribution in [2.24, 2.45) is 0 Å². The van der Waals surface area contributed by atoms with Crippen molar-refractivity contribution >= 4 is 21.5 Å². The van der Waals surface area contributed by atoms with Crippen LogP contribution in [0.1, 0.15) is 22.3 Å². The summed E-state index contributed by atoms with van der Waals surface area (Å²) in [5.74, 6) is 0. The molecule has 0 bridgehead atoms. The molecule has 0 spiro atoms. The van der Waals surface area contributed by atoms with Gasteiger partial charge < -0.3 is 0 Å². The number of hydrogen-bond acceptors (Lipinski definition) is 0.